The Bertz CT molecular complexity index is 1440. The first-order valence-corrected chi connectivity index (χ1v) is 13.8. The third-order valence-corrected chi connectivity index (χ3v) is 10.4. The normalized spacial score (nSPS) is 23.0. The van der Waals surface area contributed by atoms with Crippen LogP contribution in [0.15, 0.2) is 47.4 Å². The first kappa shape index (κ1) is 30.7. The van der Waals surface area contributed by atoms with Crippen LogP contribution in [0, 0.1) is 11.7 Å². The van der Waals surface area contributed by atoms with E-state index in [1.54, 1.807) is 0 Å². The number of fused-ring (bicyclic) bond motifs is 3. The maximum absolute atomic E-state index is 14.9. The van der Waals surface area contributed by atoms with Crippen molar-refractivity contribution in [3.63, 3.8) is 0 Å². The fourth-order valence-corrected chi connectivity index (χ4v) is 8.49. The van der Waals surface area contributed by atoms with Gasteiger partial charge < -0.3 is 10.6 Å². The minimum absolute atomic E-state index is 0.0518. The zero-order valence-corrected chi connectivity index (χ0v) is 22.1. The Morgan fingerprint density at radius 2 is 1.56 bits per heavy atom. The summed E-state index contributed by atoms with van der Waals surface area (Å²) < 4.78 is 136. The molecule has 0 unspecified atom stereocenters. The number of carbonyl (C=O) groups excluding carboxylic acids is 2. The van der Waals surface area contributed by atoms with Gasteiger partial charge in [-0.2, -0.15) is 26.3 Å². The van der Waals surface area contributed by atoms with E-state index in [9.17, 15) is 53.1 Å². The molecule has 1 saturated carbocycles. The van der Waals surface area contributed by atoms with Crippen molar-refractivity contribution < 1.29 is 53.1 Å². The Morgan fingerprint density at radius 3 is 2.12 bits per heavy atom. The zero-order valence-electron chi connectivity index (χ0n) is 21.3. The summed E-state index contributed by atoms with van der Waals surface area (Å²) in [7, 11) is -4.52. The number of benzene rings is 2. The Balaban J connectivity index is 1.87. The molecule has 0 radical (unpaired) electrons. The van der Waals surface area contributed by atoms with Crippen molar-refractivity contribution >= 4 is 21.7 Å². The van der Waals surface area contributed by atoms with Crippen LogP contribution in [0.25, 0.3) is 0 Å². The molecule has 224 valence electrons. The van der Waals surface area contributed by atoms with E-state index in [1.165, 1.54) is 6.92 Å². The highest BCUT2D eigenvalue weighted by atomic mass is 32.2. The highest BCUT2D eigenvalue weighted by Gasteiger charge is 2.73. The summed E-state index contributed by atoms with van der Waals surface area (Å²) in [4.78, 5) is 23.3. The summed E-state index contributed by atoms with van der Waals surface area (Å²) in [6.07, 6.45) is -13.2. The lowest BCUT2D eigenvalue weighted by Crippen LogP contribution is -2.51. The molecule has 0 aliphatic heterocycles. The number of sulfone groups is 1. The predicted octanol–water partition coefficient (Wildman–Crippen LogP) is 4.76. The van der Waals surface area contributed by atoms with Crippen LogP contribution in [-0.2, 0) is 36.3 Å². The van der Waals surface area contributed by atoms with E-state index in [2.05, 4.69) is 10.6 Å². The maximum Gasteiger partial charge on any atom is 0.435 e. The van der Waals surface area contributed by atoms with Crippen LogP contribution in [0.5, 0.6) is 0 Å². The van der Waals surface area contributed by atoms with E-state index in [1.807, 2.05) is 0 Å². The highest BCUT2D eigenvalue weighted by molar-refractivity contribution is 7.92. The molecule has 2 aromatic rings. The van der Waals surface area contributed by atoms with Crippen LogP contribution >= 0.6 is 0 Å². The number of halogens is 8. The van der Waals surface area contributed by atoms with Crippen molar-refractivity contribution in [3.8, 4) is 0 Å². The molecule has 1 fully saturated rings. The number of hydrogen-bond donors (Lipinski definition) is 2. The molecule has 0 spiro atoms. The molecule has 2 N–H and O–H groups in total. The summed E-state index contributed by atoms with van der Waals surface area (Å²) in [6.45, 7) is 0.767. The zero-order chi connectivity index (χ0) is 30.6. The molecule has 0 bridgehead atoms. The number of carbonyl (C=O) groups is 2. The highest BCUT2D eigenvalue weighted by Crippen LogP contribution is 2.59. The van der Waals surface area contributed by atoms with Gasteiger partial charge in [-0.05, 0) is 61.1 Å². The van der Waals surface area contributed by atoms with Crippen LogP contribution in [0.4, 0.5) is 35.1 Å². The lowest BCUT2D eigenvalue weighted by molar-refractivity contribution is -0.348. The summed E-state index contributed by atoms with van der Waals surface area (Å²) >= 11 is 0. The third kappa shape index (κ3) is 4.95. The molecule has 2 aromatic carbocycles. The van der Waals surface area contributed by atoms with E-state index < -0.39 is 74.3 Å². The number of amides is 2. The van der Waals surface area contributed by atoms with E-state index in [0.717, 1.165) is 30.3 Å². The first-order chi connectivity index (χ1) is 18.9. The average molecular weight is 613 g/mol. The molecule has 41 heavy (non-hydrogen) atoms. The van der Waals surface area contributed by atoms with Crippen molar-refractivity contribution in [2.24, 2.45) is 5.92 Å². The van der Waals surface area contributed by atoms with Crippen LogP contribution in [0.3, 0.4) is 0 Å². The van der Waals surface area contributed by atoms with Crippen molar-refractivity contribution in [1.29, 1.82) is 0 Å². The monoisotopic (exact) mass is 612 g/mol. The Labute approximate surface area is 229 Å². The van der Waals surface area contributed by atoms with Crippen LogP contribution < -0.4 is 10.6 Å². The summed E-state index contributed by atoms with van der Waals surface area (Å²) in [5.74, 6) is -2.79. The van der Waals surface area contributed by atoms with Gasteiger partial charge in [0, 0.05) is 24.4 Å². The molecule has 15 heteroatoms. The van der Waals surface area contributed by atoms with Crippen LogP contribution in [0.2, 0.25) is 0 Å². The van der Waals surface area contributed by atoms with Crippen molar-refractivity contribution in [3.05, 3.63) is 65.0 Å². The molecular weight excluding hydrogens is 588 g/mol. The minimum Gasteiger partial charge on any atom is -0.351 e. The van der Waals surface area contributed by atoms with Gasteiger partial charge >= 0.3 is 18.0 Å². The number of rotatable bonds is 6. The van der Waals surface area contributed by atoms with Gasteiger partial charge in [-0.25, -0.2) is 17.2 Å². The number of nitrogens with one attached hydrogen (secondary N) is 2. The Morgan fingerprint density at radius 1 is 0.951 bits per heavy atom. The van der Waals surface area contributed by atoms with Crippen molar-refractivity contribution in [2.45, 2.75) is 66.3 Å². The topological polar surface area (TPSA) is 92.3 Å². The van der Waals surface area contributed by atoms with Gasteiger partial charge in [-0.15, -0.1) is 0 Å². The molecule has 4 rings (SSSR count). The van der Waals surface area contributed by atoms with Gasteiger partial charge in [0.25, 0.3) is 0 Å². The fraction of sp³-hybridized carbons (Fsp3) is 0.462. The van der Waals surface area contributed by atoms with Gasteiger partial charge in [0.2, 0.25) is 11.8 Å². The van der Waals surface area contributed by atoms with E-state index in [-0.39, 0.29) is 47.8 Å². The predicted molar refractivity (Wildman–Crippen MR) is 128 cm³/mol. The largest absolute Gasteiger partial charge is 0.435 e. The smallest absolute Gasteiger partial charge is 0.351 e. The third-order valence-electron chi connectivity index (χ3n) is 7.82. The molecule has 2 amide bonds. The molecule has 2 aliphatic rings. The second-order valence-electron chi connectivity index (χ2n) is 10.1. The molecule has 0 aromatic heterocycles. The molecule has 3 atom stereocenters. The first-order valence-electron chi connectivity index (χ1n) is 12.4. The number of hydrogen-bond acceptors (Lipinski definition) is 4. The van der Waals surface area contributed by atoms with Crippen LogP contribution in [-0.4, -0.2) is 45.2 Å². The van der Waals surface area contributed by atoms with Crippen LogP contribution in [0.1, 0.15) is 42.9 Å². The number of alkyl halides is 7. The van der Waals surface area contributed by atoms with Gasteiger partial charge in [-0.1, -0.05) is 18.2 Å². The lowest BCUT2D eigenvalue weighted by Gasteiger charge is -2.43. The van der Waals surface area contributed by atoms with Gasteiger partial charge in [-0.3, -0.25) is 9.59 Å². The molecule has 2 aliphatic carbocycles. The molecule has 0 saturated heterocycles. The SMILES string of the molecule is CC(=O)NCC(=O)N[C@@H]1CC[C@@]2(S(=O)(=O)c3ccc(F)cc3)c3ccc(C(F)(C(F)(F)F)C(F)(F)F)cc3CC[C@@H]12. The van der Waals surface area contributed by atoms with E-state index in [4.69, 9.17) is 0 Å². The average Bonchev–Trinajstić information content (AvgIpc) is 3.25. The fourth-order valence-electron chi connectivity index (χ4n) is 6.01. The van der Waals surface area contributed by atoms with Gasteiger partial charge in [0.15, 0.2) is 9.84 Å². The van der Waals surface area contributed by atoms with E-state index in [0.29, 0.717) is 6.07 Å². The molecule has 0 heterocycles. The second kappa shape index (κ2) is 10.2. The number of aryl methyl sites for hydroxylation is 1. The maximum atomic E-state index is 14.9. The lowest BCUT2D eigenvalue weighted by atomic mass is 9.74. The summed E-state index contributed by atoms with van der Waals surface area (Å²) in [5, 5.41) is 4.96. The van der Waals surface area contributed by atoms with E-state index >= 15 is 0 Å². The molecule has 6 nitrogen and oxygen atoms in total. The summed E-state index contributed by atoms with van der Waals surface area (Å²) in [6, 6.07) is 4.40. The molecular formula is C26H24F8N2O4S. The standard InChI is InChI=1S/C26H24F8N2O4S/c1-14(37)35-13-22(38)36-21-10-11-23(41(39,40)18-6-4-17(27)5-7-18)19-9-3-16(12-15(19)2-8-20(21)23)24(28,25(29,30)31)26(32,33)34/h3-7,9,12,20-21H,2,8,10-11,13H2,1H3,(H,35,37)(H,36,38)/t20-,21+,23+/m0/s1. The summed E-state index contributed by atoms with van der Waals surface area (Å²) in [5.41, 5.74) is -7.77. The van der Waals surface area contributed by atoms with Gasteiger partial charge in [0.1, 0.15) is 10.6 Å². The Hall–Kier alpha value is -3.23. The minimum atomic E-state index is -6.36. The second-order valence-corrected chi connectivity index (χ2v) is 12.3. The quantitative estimate of drug-likeness (QED) is 0.364. The van der Waals surface area contributed by atoms with Gasteiger partial charge in [0.05, 0.1) is 11.4 Å². The Kier molecular flexibility index (Phi) is 7.68. The van der Waals surface area contributed by atoms with Crippen molar-refractivity contribution in [2.75, 3.05) is 6.54 Å². The van der Waals surface area contributed by atoms with Crippen molar-refractivity contribution in [1.82, 2.24) is 10.6 Å².